The summed E-state index contributed by atoms with van der Waals surface area (Å²) >= 11 is 3.22. The molecule has 0 heterocycles. The Hall–Kier alpha value is 0.190. The van der Waals surface area contributed by atoms with Gasteiger partial charge in [0.2, 0.25) is 0 Å². The molecule has 0 radical (unpaired) electrons. The zero-order valence-electron chi connectivity index (χ0n) is 5.59. The first-order valence-corrected chi connectivity index (χ1v) is 5.29. The van der Waals surface area contributed by atoms with Crippen LogP contribution in [0.25, 0.3) is 0 Å². The van der Waals surface area contributed by atoms with Crippen LogP contribution in [-0.2, 0) is 0 Å². The standard InChI is InChI=1S/C6H11NS2/c1-8-4-2-3-5-9-6-7/h2-5H2,1H3. The van der Waals surface area contributed by atoms with E-state index in [4.69, 9.17) is 5.26 Å². The third kappa shape index (κ3) is 8.19. The summed E-state index contributed by atoms with van der Waals surface area (Å²) in [6, 6.07) is 0. The molecule has 0 aromatic rings. The van der Waals surface area contributed by atoms with Crippen LogP contribution in [0, 0.1) is 10.7 Å². The fraction of sp³-hybridized carbons (Fsp3) is 0.833. The van der Waals surface area contributed by atoms with E-state index >= 15 is 0 Å². The second-order valence-corrected chi connectivity index (χ2v) is 3.50. The van der Waals surface area contributed by atoms with E-state index in [1.54, 1.807) is 0 Å². The Morgan fingerprint density at radius 3 is 2.56 bits per heavy atom. The largest absolute Gasteiger partial charge is 0.185 e. The van der Waals surface area contributed by atoms with Crippen LogP contribution >= 0.6 is 23.5 Å². The zero-order valence-corrected chi connectivity index (χ0v) is 7.23. The summed E-state index contributed by atoms with van der Waals surface area (Å²) in [6.45, 7) is 0. The van der Waals surface area contributed by atoms with Gasteiger partial charge in [0, 0.05) is 5.75 Å². The average molecular weight is 161 g/mol. The highest BCUT2D eigenvalue weighted by Gasteiger charge is 1.86. The smallest absolute Gasteiger partial charge is 0.133 e. The van der Waals surface area contributed by atoms with Gasteiger partial charge in [-0.05, 0) is 36.6 Å². The molecule has 0 unspecified atom stereocenters. The van der Waals surface area contributed by atoms with Crippen LogP contribution in [0.3, 0.4) is 0 Å². The molecule has 0 spiro atoms. The van der Waals surface area contributed by atoms with Crippen molar-refractivity contribution in [2.45, 2.75) is 12.8 Å². The normalized spacial score (nSPS) is 8.89. The minimum atomic E-state index is 0.997. The monoisotopic (exact) mass is 161 g/mol. The summed E-state index contributed by atoms with van der Waals surface area (Å²) in [5.41, 5.74) is 0. The number of hydrogen-bond donors (Lipinski definition) is 0. The van der Waals surface area contributed by atoms with Crippen LogP contribution in [0.5, 0.6) is 0 Å². The van der Waals surface area contributed by atoms with Gasteiger partial charge in [0.1, 0.15) is 5.40 Å². The Morgan fingerprint density at radius 1 is 1.33 bits per heavy atom. The molecule has 0 N–H and O–H groups in total. The molecule has 0 aliphatic heterocycles. The summed E-state index contributed by atoms with van der Waals surface area (Å²) in [7, 11) is 0. The Kier molecular flexibility index (Phi) is 8.36. The molecule has 0 amide bonds. The van der Waals surface area contributed by atoms with Crippen LogP contribution in [-0.4, -0.2) is 17.8 Å². The maximum Gasteiger partial charge on any atom is 0.133 e. The minimum absolute atomic E-state index is 0.997. The molecule has 9 heavy (non-hydrogen) atoms. The van der Waals surface area contributed by atoms with E-state index in [2.05, 4.69) is 11.7 Å². The fourth-order valence-corrected chi connectivity index (χ4v) is 1.40. The minimum Gasteiger partial charge on any atom is -0.185 e. The zero-order chi connectivity index (χ0) is 6.95. The predicted molar refractivity (Wildman–Crippen MR) is 45.7 cm³/mol. The van der Waals surface area contributed by atoms with Gasteiger partial charge in [0.05, 0.1) is 0 Å². The highest BCUT2D eigenvalue weighted by atomic mass is 32.2. The SMILES string of the molecule is CSCCCCSC#N. The summed E-state index contributed by atoms with van der Waals surface area (Å²) < 4.78 is 0. The molecule has 1 nitrogen and oxygen atoms in total. The number of nitriles is 1. The lowest BCUT2D eigenvalue weighted by atomic mass is 10.4. The Morgan fingerprint density at radius 2 is 2.00 bits per heavy atom. The van der Waals surface area contributed by atoms with Gasteiger partial charge in [-0.1, -0.05) is 0 Å². The molecule has 0 aromatic heterocycles. The van der Waals surface area contributed by atoms with Gasteiger partial charge >= 0.3 is 0 Å². The molecule has 0 saturated carbocycles. The molecule has 0 fully saturated rings. The van der Waals surface area contributed by atoms with E-state index in [1.807, 2.05) is 11.8 Å². The van der Waals surface area contributed by atoms with Crippen molar-refractivity contribution in [2.75, 3.05) is 17.8 Å². The van der Waals surface area contributed by atoms with E-state index in [-0.39, 0.29) is 0 Å². The van der Waals surface area contributed by atoms with Crippen molar-refractivity contribution in [1.29, 1.82) is 5.26 Å². The molecular formula is C6H11NS2. The number of thiocyanates is 1. The molecule has 52 valence electrons. The molecule has 0 aliphatic rings. The lowest BCUT2D eigenvalue weighted by molar-refractivity contribution is 0.910. The van der Waals surface area contributed by atoms with E-state index in [0.717, 1.165) is 5.75 Å². The van der Waals surface area contributed by atoms with E-state index < -0.39 is 0 Å². The Bertz CT molecular complexity index is 87.5. The first-order chi connectivity index (χ1) is 4.41. The van der Waals surface area contributed by atoms with Crippen LogP contribution in [0.15, 0.2) is 0 Å². The molecular weight excluding hydrogens is 150 g/mol. The van der Waals surface area contributed by atoms with Crippen molar-refractivity contribution in [3.05, 3.63) is 0 Å². The quantitative estimate of drug-likeness (QED) is 0.457. The highest BCUT2D eigenvalue weighted by molar-refractivity contribution is 8.03. The molecule has 0 aromatic carbocycles. The van der Waals surface area contributed by atoms with Crippen molar-refractivity contribution in [3.63, 3.8) is 0 Å². The number of rotatable bonds is 5. The Balaban J connectivity index is 2.69. The first kappa shape index (κ1) is 9.19. The fourth-order valence-electron chi connectivity index (χ4n) is 0.466. The number of unbranched alkanes of at least 4 members (excludes halogenated alkanes) is 1. The molecule has 0 aliphatic carbocycles. The summed E-state index contributed by atoms with van der Waals surface area (Å²) in [5, 5.41) is 10.2. The molecule has 3 heteroatoms. The van der Waals surface area contributed by atoms with Gasteiger partial charge in [-0.2, -0.15) is 17.0 Å². The van der Waals surface area contributed by atoms with Crippen LogP contribution < -0.4 is 0 Å². The topological polar surface area (TPSA) is 23.8 Å². The molecule has 0 bridgehead atoms. The maximum absolute atomic E-state index is 8.13. The van der Waals surface area contributed by atoms with E-state index in [1.165, 1.54) is 30.4 Å². The van der Waals surface area contributed by atoms with Crippen LogP contribution in [0.4, 0.5) is 0 Å². The summed E-state index contributed by atoms with van der Waals surface area (Å²) in [5.74, 6) is 2.23. The van der Waals surface area contributed by atoms with Gasteiger partial charge < -0.3 is 0 Å². The van der Waals surface area contributed by atoms with Gasteiger partial charge in [0.15, 0.2) is 0 Å². The lowest BCUT2D eigenvalue weighted by Gasteiger charge is -1.92. The van der Waals surface area contributed by atoms with E-state index in [0.29, 0.717) is 0 Å². The van der Waals surface area contributed by atoms with Crippen molar-refractivity contribution in [2.24, 2.45) is 0 Å². The molecule has 0 atom stereocenters. The van der Waals surface area contributed by atoms with Crippen molar-refractivity contribution in [3.8, 4) is 5.40 Å². The molecule has 0 saturated heterocycles. The number of thioether (sulfide) groups is 2. The lowest BCUT2D eigenvalue weighted by Crippen LogP contribution is -1.80. The van der Waals surface area contributed by atoms with Crippen molar-refractivity contribution in [1.82, 2.24) is 0 Å². The third-order valence-electron chi connectivity index (χ3n) is 0.909. The van der Waals surface area contributed by atoms with Gasteiger partial charge in [-0.25, -0.2) is 0 Å². The Labute approximate surface area is 65.2 Å². The van der Waals surface area contributed by atoms with Gasteiger partial charge in [0.25, 0.3) is 0 Å². The summed E-state index contributed by atoms with van der Waals surface area (Å²) in [6.07, 6.45) is 4.53. The second kappa shape index (κ2) is 8.19. The maximum atomic E-state index is 8.13. The van der Waals surface area contributed by atoms with Crippen LogP contribution in [0.1, 0.15) is 12.8 Å². The van der Waals surface area contributed by atoms with Crippen molar-refractivity contribution < 1.29 is 0 Å². The second-order valence-electron chi connectivity index (χ2n) is 1.64. The van der Waals surface area contributed by atoms with Gasteiger partial charge in [-0.3, -0.25) is 0 Å². The van der Waals surface area contributed by atoms with Gasteiger partial charge in [-0.15, -0.1) is 0 Å². The predicted octanol–water partition coefficient (Wildman–Crippen LogP) is 2.34. The van der Waals surface area contributed by atoms with Crippen molar-refractivity contribution >= 4 is 23.5 Å². The summed E-state index contributed by atoms with van der Waals surface area (Å²) in [4.78, 5) is 0. The van der Waals surface area contributed by atoms with E-state index in [9.17, 15) is 0 Å². The van der Waals surface area contributed by atoms with Crippen LogP contribution in [0.2, 0.25) is 0 Å². The third-order valence-corrected chi connectivity index (χ3v) is 2.23. The average Bonchev–Trinajstić information content (AvgIpc) is 1.89. The first-order valence-electron chi connectivity index (χ1n) is 2.91. The number of hydrogen-bond acceptors (Lipinski definition) is 3. The highest BCUT2D eigenvalue weighted by Crippen LogP contribution is 2.04. The number of nitrogens with zero attached hydrogens (tertiary/aromatic N) is 1. The molecule has 0 rings (SSSR count).